The molecular weight excluding hydrogens is 220 g/mol. The third-order valence-corrected chi connectivity index (χ3v) is 4.03. The highest BCUT2D eigenvalue weighted by Crippen LogP contribution is 2.35. The fraction of sp³-hybridized carbons (Fsp3) is 0.833. The number of rotatable bonds is 3. The number of carbonyl (C=O) groups excluding carboxylic acids is 1. The molecule has 2 N–H and O–H groups in total. The van der Waals surface area contributed by atoms with Crippen LogP contribution in [0.1, 0.15) is 44.9 Å². The van der Waals surface area contributed by atoms with Crippen molar-refractivity contribution in [2.24, 2.45) is 11.7 Å². The largest absolute Gasteiger partial charge is 0.393 e. The molecule has 2 rings (SSSR count). The Bertz CT molecular complexity index is 287. The van der Waals surface area contributed by atoms with Gasteiger partial charge in [-0.2, -0.15) is 0 Å². The molecule has 1 aliphatic carbocycles. The van der Waals surface area contributed by atoms with Gasteiger partial charge in [0.15, 0.2) is 0 Å². The normalized spacial score (nSPS) is 26.2. The van der Waals surface area contributed by atoms with Gasteiger partial charge in [0.05, 0.1) is 11.4 Å². The second-order valence-electron chi connectivity index (χ2n) is 4.98. The molecule has 0 aromatic heterocycles. The summed E-state index contributed by atoms with van der Waals surface area (Å²) in [6.45, 7) is 0.905. The van der Waals surface area contributed by atoms with Crippen molar-refractivity contribution >= 4 is 23.1 Å². The number of hydrogen-bond acceptors (Lipinski definition) is 2. The van der Waals surface area contributed by atoms with E-state index in [1.54, 1.807) is 0 Å². The van der Waals surface area contributed by atoms with Gasteiger partial charge in [-0.05, 0) is 31.6 Å². The van der Waals surface area contributed by atoms with Crippen molar-refractivity contribution in [2.45, 2.75) is 51.0 Å². The van der Waals surface area contributed by atoms with Gasteiger partial charge in [-0.25, -0.2) is 0 Å². The molecule has 0 aromatic rings. The lowest BCUT2D eigenvalue weighted by molar-refractivity contribution is -0.131. The standard InChI is InChI=1S/C12H20N2OS/c13-11(16)8-12(15)14-7-3-6-10(14)9-4-1-2-5-9/h9-10H,1-8H2,(H2,13,16). The van der Waals surface area contributed by atoms with Gasteiger partial charge in [0.1, 0.15) is 0 Å². The average Bonchev–Trinajstić information content (AvgIpc) is 2.87. The molecule has 1 saturated heterocycles. The first-order valence-electron chi connectivity index (χ1n) is 6.26. The summed E-state index contributed by atoms with van der Waals surface area (Å²) in [5.41, 5.74) is 5.44. The molecule has 1 atom stereocenters. The molecule has 16 heavy (non-hydrogen) atoms. The Balaban J connectivity index is 1.96. The van der Waals surface area contributed by atoms with Crippen LogP contribution in [0.2, 0.25) is 0 Å². The van der Waals surface area contributed by atoms with Crippen LogP contribution in [0.25, 0.3) is 0 Å². The number of nitrogens with two attached hydrogens (primary N) is 1. The second kappa shape index (κ2) is 5.13. The third kappa shape index (κ3) is 2.54. The highest BCUT2D eigenvalue weighted by molar-refractivity contribution is 7.80. The number of carbonyl (C=O) groups is 1. The van der Waals surface area contributed by atoms with Gasteiger partial charge in [0, 0.05) is 12.6 Å². The Hall–Kier alpha value is -0.640. The van der Waals surface area contributed by atoms with Gasteiger partial charge < -0.3 is 10.6 Å². The molecule has 1 heterocycles. The first kappa shape index (κ1) is 11.8. The molecule has 1 saturated carbocycles. The van der Waals surface area contributed by atoms with E-state index < -0.39 is 0 Å². The molecule has 3 nitrogen and oxygen atoms in total. The molecule has 1 amide bonds. The van der Waals surface area contributed by atoms with E-state index in [4.69, 9.17) is 18.0 Å². The maximum absolute atomic E-state index is 12.0. The summed E-state index contributed by atoms with van der Waals surface area (Å²) < 4.78 is 0. The predicted molar refractivity (Wildman–Crippen MR) is 68.1 cm³/mol. The first-order chi connectivity index (χ1) is 7.68. The van der Waals surface area contributed by atoms with E-state index in [-0.39, 0.29) is 12.3 Å². The lowest BCUT2D eigenvalue weighted by Gasteiger charge is -2.29. The van der Waals surface area contributed by atoms with E-state index in [0.717, 1.165) is 18.9 Å². The molecule has 90 valence electrons. The highest BCUT2D eigenvalue weighted by atomic mass is 32.1. The SMILES string of the molecule is NC(=S)CC(=O)N1CCCC1C1CCCC1. The van der Waals surface area contributed by atoms with Crippen molar-refractivity contribution in [1.82, 2.24) is 4.90 Å². The van der Waals surface area contributed by atoms with Crippen molar-refractivity contribution in [2.75, 3.05) is 6.54 Å². The van der Waals surface area contributed by atoms with Gasteiger partial charge in [-0.1, -0.05) is 25.1 Å². The van der Waals surface area contributed by atoms with Gasteiger partial charge in [-0.3, -0.25) is 4.79 Å². The number of likely N-dealkylation sites (tertiary alicyclic amines) is 1. The van der Waals surface area contributed by atoms with Crippen molar-refractivity contribution in [3.05, 3.63) is 0 Å². The Labute approximate surface area is 102 Å². The molecule has 0 aromatic carbocycles. The zero-order valence-electron chi connectivity index (χ0n) is 9.65. The summed E-state index contributed by atoms with van der Waals surface area (Å²) in [5, 5.41) is 0. The molecule has 4 heteroatoms. The summed E-state index contributed by atoms with van der Waals surface area (Å²) in [7, 11) is 0. The summed E-state index contributed by atoms with van der Waals surface area (Å²) in [4.78, 5) is 14.3. The van der Waals surface area contributed by atoms with E-state index >= 15 is 0 Å². The minimum absolute atomic E-state index is 0.141. The van der Waals surface area contributed by atoms with Crippen LogP contribution in [0.4, 0.5) is 0 Å². The van der Waals surface area contributed by atoms with Gasteiger partial charge >= 0.3 is 0 Å². The maximum Gasteiger partial charge on any atom is 0.229 e. The Kier molecular flexibility index (Phi) is 3.79. The smallest absolute Gasteiger partial charge is 0.229 e. The Morgan fingerprint density at radius 3 is 2.56 bits per heavy atom. The van der Waals surface area contributed by atoms with Crippen LogP contribution in [0.15, 0.2) is 0 Å². The fourth-order valence-electron chi connectivity index (χ4n) is 3.19. The topological polar surface area (TPSA) is 46.3 Å². The van der Waals surface area contributed by atoms with Crippen molar-refractivity contribution < 1.29 is 4.79 Å². The zero-order valence-corrected chi connectivity index (χ0v) is 10.5. The number of amides is 1. The van der Waals surface area contributed by atoms with Crippen LogP contribution < -0.4 is 5.73 Å². The summed E-state index contributed by atoms with van der Waals surface area (Å²) >= 11 is 4.81. The van der Waals surface area contributed by atoms with Crippen LogP contribution in [0, 0.1) is 5.92 Å². The van der Waals surface area contributed by atoms with Gasteiger partial charge in [0.2, 0.25) is 5.91 Å². The molecular formula is C12H20N2OS. The summed E-state index contributed by atoms with van der Waals surface area (Å²) in [6.07, 6.45) is 7.82. The molecule has 0 spiro atoms. The summed E-state index contributed by atoms with van der Waals surface area (Å²) in [5.74, 6) is 0.875. The van der Waals surface area contributed by atoms with E-state index in [1.165, 1.54) is 32.1 Å². The quantitative estimate of drug-likeness (QED) is 0.766. The van der Waals surface area contributed by atoms with Crippen molar-refractivity contribution in [3.8, 4) is 0 Å². The van der Waals surface area contributed by atoms with Crippen molar-refractivity contribution in [3.63, 3.8) is 0 Å². The minimum Gasteiger partial charge on any atom is -0.393 e. The van der Waals surface area contributed by atoms with Crippen LogP contribution >= 0.6 is 12.2 Å². The van der Waals surface area contributed by atoms with E-state index in [1.807, 2.05) is 4.90 Å². The Morgan fingerprint density at radius 1 is 1.25 bits per heavy atom. The number of nitrogens with zero attached hydrogens (tertiary/aromatic N) is 1. The monoisotopic (exact) mass is 240 g/mol. The highest BCUT2D eigenvalue weighted by Gasteiger charge is 2.35. The van der Waals surface area contributed by atoms with Crippen LogP contribution in [0.5, 0.6) is 0 Å². The fourth-order valence-corrected chi connectivity index (χ4v) is 3.31. The second-order valence-corrected chi connectivity index (χ2v) is 5.51. The van der Waals surface area contributed by atoms with Crippen LogP contribution in [0.3, 0.4) is 0 Å². The molecule has 2 fully saturated rings. The number of hydrogen-bond donors (Lipinski definition) is 1. The van der Waals surface area contributed by atoms with Gasteiger partial charge in [0.25, 0.3) is 0 Å². The lowest BCUT2D eigenvalue weighted by atomic mass is 9.96. The average molecular weight is 240 g/mol. The minimum atomic E-state index is 0.141. The molecule has 1 aliphatic heterocycles. The first-order valence-corrected chi connectivity index (χ1v) is 6.67. The van der Waals surface area contributed by atoms with E-state index in [9.17, 15) is 4.79 Å². The van der Waals surface area contributed by atoms with Crippen molar-refractivity contribution in [1.29, 1.82) is 0 Å². The van der Waals surface area contributed by atoms with Crippen LogP contribution in [-0.4, -0.2) is 28.4 Å². The molecule has 2 aliphatic rings. The Morgan fingerprint density at radius 2 is 1.94 bits per heavy atom. The molecule has 0 bridgehead atoms. The van der Waals surface area contributed by atoms with Gasteiger partial charge in [-0.15, -0.1) is 0 Å². The lowest BCUT2D eigenvalue weighted by Crippen LogP contribution is -2.40. The number of thiocarbonyl (C=S) groups is 1. The van der Waals surface area contributed by atoms with E-state index in [2.05, 4.69) is 0 Å². The summed E-state index contributed by atoms with van der Waals surface area (Å²) in [6, 6.07) is 0.476. The van der Waals surface area contributed by atoms with E-state index in [0.29, 0.717) is 11.0 Å². The third-order valence-electron chi connectivity index (χ3n) is 3.89. The zero-order chi connectivity index (χ0) is 11.5. The maximum atomic E-state index is 12.0. The molecule has 1 unspecified atom stereocenters. The molecule has 0 radical (unpaired) electrons. The van der Waals surface area contributed by atoms with Crippen LogP contribution in [-0.2, 0) is 4.79 Å². The predicted octanol–water partition coefficient (Wildman–Crippen LogP) is 1.84.